The number of fused-ring (bicyclic) bond motifs is 1. The Morgan fingerprint density at radius 3 is 2.71 bits per heavy atom. The van der Waals surface area contributed by atoms with Gasteiger partial charge in [-0.3, -0.25) is 4.98 Å². The van der Waals surface area contributed by atoms with Crippen molar-refractivity contribution in [3.05, 3.63) is 40.0 Å². The van der Waals surface area contributed by atoms with Crippen molar-refractivity contribution in [1.82, 2.24) is 9.88 Å². The lowest BCUT2D eigenvalue weighted by Crippen LogP contribution is -2.22. The molecule has 0 bridgehead atoms. The van der Waals surface area contributed by atoms with E-state index in [4.69, 9.17) is 0 Å². The average molecular weight is 344 g/mol. The number of aromatic carboxylic acids is 1. The summed E-state index contributed by atoms with van der Waals surface area (Å²) in [6.45, 7) is 5.22. The maximum absolute atomic E-state index is 11.9. The van der Waals surface area contributed by atoms with Crippen molar-refractivity contribution in [2.24, 2.45) is 5.41 Å². The lowest BCUT2D eigenvalue weighted by molar-refractivity contribution is 0.0696. The molecule has 0 aliphatic heterocycles. The summed E-state index contributed by atoms with van der Waals surface area (Å²) in [6, 6.07) is 3.99. The Bertz CT molecular complexity index is 760. The molecule has 0 fully saturated rings. The van der Waals surface area contributed by atoms with Crippen LogP contribution in [0, 0.1) is 5.41 Å². The predicted molar refractivity (Wildman–Crippen MR) is 97.7 cm³/mol. The highest BCUT2D eigenvalue weighted by molar-refractivity contribution is 7.16. The highest BCUT2D eigenvalue weighted by Gasteiger charge is 2.32. The molecular weight excluding hydrogens is 320 g/mol. The number of hydrogen-bond donors (Lipinski definition) is 1. The molecule has 2 heterocycles. The number of hydrogen-bond acceptors (Lipinski definition) is 4. The van der Waals surface area contributed by atoms with Gasteiger partial charge in [-0.25, -0.2) is 4.79 Å². The SMILES string of the molecule is CN(C)Cc1ccc(-c2sc3c(c2C(=O)O)CC(C)(C)CC3)cn1. The van der Waals surface area contributed by atoms with E-state index in [1.165, 1.54) is 4.88 Å². The zero-order chi connectivity index (χ0) is 17.5. The van der Waals surface area contributed by atoms with Crippen LogP contribution in [0.25, 0.3) is 10.4 Å². The van der Waals surface area contributed by atoms with Crippen molar-refractivity contribution in [3.8, 4) is 10.4 Å². The van der Waals surface area contributed by atoms with Crippen molar-refractivity contribution in [3.63, 3.8) is 0 Å². The second-order valence-electron chi connectivity index (χ2n) is 7.63. The third-order valence-corrected chi connectivity index (χ3v) is 5.89. The van der Waals surface area contributed by atoms with Gasteiger partial charge in [-0.05, 0) is 50.4 Å². The Morgan fingerprint density at radius 2 is 2.12 bits per heavy atom. The third kappa shape index (κ3) is 3.37. The molecule has 5 heteroatoms. The minimum absolute atomic E-state index is 0.170. The number of pyridine rings is 1. The summed E-state index contributed by atoms with van der Waals surface area (Å²) in [4.78, 5) is 20.6. The first-order chi connectivity index (χ1) is 11.3. The van der Waals surface area contributed by atoms with E-state index in [-0.39, 0.29) is 5.41 Å². The summed E-state index contributed by atoms with van der Waals surface area (Å²) in [5.41, 5.74) is 3.60. The van der Waals surface area contributed by atoms with Gasteiger partial charge in [0, 0.05) is 23.2 Å². The Labute approximate surface area is 147 Å². The quantitative estimate of drug-likeness (QED) is 0.908. The Hall–Kier alpha value is -1.72. The fourth-order valence-electron chi connectivity index (χ4n) is 3.33. The van der Waals surface area contributed by atoms with Crippen LogP contribution in [-0.2, 0) is 19.4 Å². The van der Waals surface area contributed by atoms with Crippen LogP contribution in [0.3, 0.4) is 0 Å². The summed E-state index contributed by atoms with van der Waals surface area (Å²) < 4.78 is 0. The number of carboxylic acid groups (broad SMARTS) is 1. The number of aromatic nitrogens is 1. The molecule has 0 saturated carbocycles. The summed E-state index contributed by atoms with van der Waals surface area (Å²) in [6.07, 6.45) is 4.73. The number of thiophene rings is 1. The van der Waals surface area contributed by atoms with Gasteiger partial charge in [0.1, 0.15) is 0 Å². The summed E-state index contributed by atoms with van der Waals surface area (Å²) in [5, 5.41) is 9.80. The molecule has 0 amide bonds. The van der Waals surface area contributed by atoms with Crippen LogP contribution in [-0.4, -0.2) is 35.1 Å². The van der Waals surface area contributed by atoms with Crippen LogP contribution in [0.1, 0.15) is 46.8 Å². The minimum Gasteiger partial charge on any atom is -0.478 e. The van der Waals surface area contributed by atoms with Gasteiger partial charge in [0.05, 0.1) is 16.1 Å². The van der Waals surface area contributed by atoms with Crippen LogP contribution in [0.2, 0.25) is 0 Å². The fourth-order valence-corrected chi connectivity index (χ4v) is 4.62. The molecule has 0 unspecified atom stereocenters. The average Bonchev–Trinajstić information content (AvgIpc) is 2.84. The minimum atomic E-state index is -0.822. The number of nitrogens with zero attached hydrogens (tertiary/aromatic N) is 2. The van der Waals surface area contributed by atoms with Crippen molar-refractivity contribution in [2.45, 2.75) is 39.7 Å². The number of carboxylic acids is 1. The molecule has 0 spiro atoms. The first kappa shape index (κ1) is 17.1. The summed E-state index contributed by atoms with van der Waals surface area (Å²) in [7, 11) is 4.01. The maximum atomic E-state index is 11.9. The van der Waals surface area contributed by atoms with E-state index >= 15 is 0 Å². The molecular formula is C19H24N2O2S. The van der Waals surface area contributed by atoms with Gasteiger partial charge in [-0.2, -0.15) is 0 Å². The van der Waals surface area contributed by atoms with E-state index in [2.05, 4.69) is 23.7 Å². The molecule has 4 nitrogen and oxygen atoms in total. The van der Waals surface area contributed by atoms with Gasteiger partial charge < -0.3 is 10.0 Å². The zero-order valence-electron chi connectivity index (χ0n) is 14.7. The predicted octanol–water partition coefficient (Wildman–Crippen LogP) is 4.08. The molecule has 0 atom stereocenters. The third-order valence-electron chi connectivity index (χ3n) is 4.55. The lowest BCUT2D eigenvalue weighted by atomic mass is 9.76. The number of aryl methyl sites for hydroxylation is 1. The van der Waals surface area contributed by atoms with E-state index in [0.29, 0.717) is 5.56 Å². The standard InChI is InChI=1S/C19H24N2O2S/c1-19(2)8-7-15-14(9-19)16(18(22)23)17(24-15)12-5-6-13(20-10-12)11-21(3)4/h5-6,10H,7-9,11H2,1-4H3,(H,22,23). The highest BCUT2D eigenvalue weighted by atomic mass is 32.1. The van der Waals surface area contributed by atoms with Crippen LogP contribution in [0.5, 0.6) is 0 Å². The molecule has 1 aliphatic rings. The first-order valence-electron chi connectivity index (χ1n) is 8.25. The molecule has 1 aliphatic carbocycles. The molecule has 0 saturated heterocycles. The van der Waals surface area contributed by atoms with Crippen molar-refractivity contribution < 1.29 is 9.90 Å². The van der Waals surface area contributed by atoms with Crippen LogP contribution >= 0.6 is 11.3 Å². The molecule has 128 valence electrons. The van der Waals surface area contributed by atoms with Gasteiger partial charge in [0.15, 0.2) is 0 Å². The van der Waals surface area contributed by atoms with Crippen molar-refractivity contribution in [1.29, 1.82) is 0 Å². The second-order valence-corrected chi connectivity index (χ2v) is 8.74. The molecule has 0 radical (unpaired) electrons. The molecule has 1 N–H and O–H groups in total. The van der Waals surface area contributed by atoms with Crippen molar-refractivity contribution in [2.75, 3.05) is 14.1 Å². The maximum Gasteiger partial charge on any atom is 0.337 e. The molecule has 24 heavy (non-hydrogen) atoms. The molecule has 2 aromatic heterocycles. The van der Waals surface area contributed by atoms with Gasteiger partial charge in [0.2, 0.25) is 0 Å². The zero-order valence-corrected chi connectivity index (χ0v) is 15.5. The van der Waals surface area contributed by atoms with Gasteiger partial charge in [-0.15, -0.1) is 11.3 Å². The Morgan fingerprint density at radius 1 is 1.38 bits per heavy atom. The van der Waals surface area contributed by atoms with E-state index in [0.717, 1.165) is 47.5 Å². The Kier molecular flexibility index (Phi) is 4.49. The van der Waals surface area contributed by atoms with E-state index in [9.17, 15) is 9.90 Å². The highest BCUT2D eigenvalue weighted by Crippen LogP contribution is 2.44. The van der Waals surface area contributed by atoms with E-state index in [1.807, 2.05) is 32.4 Å². The van der Waals surface area contributed by atoms with E-state index < -0.39 is 5.97 Å². The molecule has 2 aromatic rings. The smallest absolute Gasteiger partial charge is 0.337 e. The second kappa shape index (κ2) is 6.30. The Balaban J connectivity index is 2.02. The molecule has 0 aromatic carbocycles. The topological polar surface area (TPSA) is 53.4 Å². The fraction of sp³-hybridized carbons (Fsp3) is 0.474. The monoisotopic (exact) mass is 344 g/mol. The normalized spacial score (nSPS) is 16.2. The van der Waals surface area contributed by atoms with Crippen molar-refractivity contribution >= 4 is 17.3 Å². The van der Waals surface area contributed by atoms with Crippen LogP contribution in [0.15, 0.2) is 18.3 Å². The number of carbonyl (C=O) groups is 1. The lowest BCUT2D eigenvalue weighted by Gasteiger charge is -2.29. The summed E-state index contributed by atoms with van der Waals surface area (Å²) in [5.74, 6) is -0.822. The van der Waals surface area contributed by atoms with Crippen LogP contribution in [0.4, 0.5) is 0 Å². The van der Waals surface area contributed by atoms with Crippen LogP contribution < -0.4 is 0 Å². The summed E-state index contributed by atoms with van der Waals surface area (Å²) >= 11 is 1.63. The van der Waals surface area contributed by atoms with Gasteiger partial charge in [0.25, 0.3) is 0 Å². The largest absolute Gasteiger partial charge is 0.478 e. The molecule has 3 rings (SSSR count). The number of rotatable bonds is 4. The van der Waals surface area contributed by atoms with Gasteiger partial charge >= 0.3 is 5.97 Å². The first-order valence-corrected chi connectivity index (χ1v) is 9.06. The van der Waals surface area contributed by atoms with E-state index in [1.54, 1.807) is 11.3 Å². The van der Waals surface area contributed by atoms with Gasteiger partial charge in [-0.1, -0.05) is 19.9 Å².